The van der Waals surface area contributed by atoms with Crippen LogP contribution in [0.15, 0.2) is 29.1 Å². The van der Waals surface area contributed by atoms with Crippen molar-refractivity contribution in [3.05, 3.63) is 40.2 Å². The number of thiocarbonyl (C=S) groups is 1. The number of aromatic amines is 1. The Morgan fingerprint density at radius 3 is 2.41 bits per heavy atom. The van der Waals surface area contributed by atoms with Gasteiger partial charge in [0.05, 0.1) is 39.6 Å². The van der Waals surface area contributed by atoms with Crippen LogP contribution in [0.1, 0.15) is 25.3 Å². The number of hydrogen-bond donors (Lipinski definition) is 2. The Labute approximate surface area is 225 Å². The van der Waals surface area contributed by atoms with E-state index in [4.69, 9.17) is 26.4 Å². The first-order valence-corrected chi connectivity index (χ1v) is 13.9. The van der Waals surface area contributed by atoms with Gasteiger partial charge in [-0.3, -0.25) is 14.6 Å². The second-order valence-corrected chi connectivity index (χ2v) is 9.96. The van der Waals surface area contributed by atoms with Gasteiger partial charge in [-0.1, -0.05) is 0 Å². The molecule has 204 valence electrons. The van der Waals surface area contributed by atoms with E-state index in [1.165, 1.54) is 0 Å². The standard InChI is InChI=1S/C27H41N5O4S/c1-2-36-24-5-6-25-22(20-24)19-23(26(33)29-25)21-32(10-4-9-31-13-17-35-18-14-31)27(37)28-7-3-8-30-11-15-34-16-12-30/h5-6,19-20H,2-4,7-18,21H2,1H3,(H,28,37)(H,29,33). The minimum atomic E-state index is -0.0787. The fourth-order valence-electron chi connectivity index (χ4n) is 4.81. The second kappa shape index (κ2) is 14.6. The van der Waals surface area contributed by atoms with Crippen molar-refractivity contribution < 1.29 is 14.2 Å². The Bertz CT molecular complexity index is 1050. The zero-order chi connectivity index (χ0) is 25.9. The molecule has 0 aliphatic carbocycles. The van der Waals surface area contributed by atoms with Gasteiger partial charge in [-0.15, -0.1) is 0 Å². The van der Waals surface area contributed by atoms with E-state index < -0.39 is 0 Å². The van der Waals surface area contributed by atoms with Gasteiger partial charge in [-0.05, 0) is 62.8 Å². The van der Waals surface area contributed by atoms with Gasteiger partial charge in [0, 0.05) is 62.3 Å². The molecule has 37 heavy (non-hydrogen) atoms. The number of hydrogen-bond acceptors (Lipinski definition) is 7. The van der Waals surface area contributed by atoms with Crippen LogP contribution in [0.25, 0.3) is 10.9 Å². The third-order valence-corrected chi connectivity index (χ3v) is 7.29. The number of nitrogens with one attached hydrogen (secondary N) is 2. The van der Waals surface area contributed by atoms with Gasteiger partial charge in [-0.2, -0.15) is 0 Å². The number of pyridine rings is 1. The Morgan fingerprint density at radius 1 is 1.05 bits per heavy atom. The molecule has 10 heteroatoms. The minimum absolute atomic E-state index is 0.0787. The normalized spacial score (nSPS) is 17.1. The van der Waals surface area contributed by atoms with Crippen molar-refractivity contribution in [2.45, 2.75) is 26.3 Å². The lowest BCUT2D eigenvalue weighted by Gasteiger charge is -2.30. The van der Waals surface area contributed by atoms with Crippen molar-refractivity contribution in [1.29, 1.82) is 0 Å². The number of rotatable bonds is 12. The molecule has 2 aromatic rings. The molecule has 3 heterocycles. The molecule has 0 unspecified atom stereocenters. The fraction of sp³-hybridized carbons (Fsp3) is 0.630. The van der Waals surface area contributed by atoms with Gasteiger partial charge in [0.25, 0.3) is 5.56 Å². The fourth-order valence-corrected chi connectivity index (χ4v) is 5.06. The van der Waals surface area contributed by atoms with Crippen molar-refractivity contribution in [2.24, 2.45) is 0 Å². The monoisotopic (exact) mass is 531 g/mol. The second-order valence-electron chi connectivity index (χ2n) is 9.57. The third kappa shape index (κ3) is 8.65. The molecule has 2 saturated heterocycles. The smallest absolute Gasteiger partial charge is 0.253 e. The largest absolute Gasteiger partial charge is 0.494 e. The van der Waals surface area contributed by atoms with Gasteiger partial charge in [0.2, 0.25) is 0 Å². The highest BCUT2D eigenvalue weighted by Crippen LogP contribution is 2.20. The van der Waals surface area contributed by atoms with Crippen molar-refractivity contribution in [2.75, 3.05) is 85.4 Å². The van der Waals surface area contributed by atoms with Crippen LogP contribution in [0.3, 0.4) is 0 Å². The molecule has 9 nitrogen and oxygen atoms in total. The number of fused-ring (bicyclic) bond motifs is 1. The van der Waals surface area contributed by atoms with Gasteiger partial charge >= 0.3 is 0 Å². The molecule has 2 N–H and O–H groups in total. The molecule has 2 aliphatic rings. The van der Waals surface area contributed by atoms with Crippen LogP contribution in [0.2, 0.25) is 0 Å². The lowest BCUT2D eigenvalue weighted by atomic mass is 10.1. The highest BCUT2D eigenvalue weighted by molar-refractivity contribution is 7.80. The number of ether oxygens (including phenoxy) is 3. The molecule has 0 radical (unpaired) electrons. The highest BCUT2D eigenvalue weighted by atomic mass is 32.1. The van der Waals surface area contributed by atoms with E-state index in [9.17, 15) is 4.79 Å². The van der Waals surface area contributed by atoms with Gasteiger partial charge in [-0.25, -0.2) is 0 Å². The lowest BCUT2D eigenvalue weighted by molar-refractivity contribution is 0.0367. The van der Waals surface area contributed by atoms with Gasteiger partial charge < -0.3 is 29.4 Å². The molecule has 0 amide bonds. The summed E-state index contributed by atoms with van der Waals surface area (Å²) in [5, 5.41) is 5.10. The lowest BCUT2D eigenvalue weighted by Crippen LogP contribution is -2.43. The Hall–Kier alpha value is -2.24. The van der Waals surface area contributed by atoms with E-state index in [0.717, 1.165) is 108 Å². The average Bonchev–Trinajstić information content (AvgIpc) is 2.92. The summed E-state index contributed by atoms with van der Waals surface area (Å²) in [5.41, 5.74) is 1.43. The van der Waals surface area contributed by atoms with Crippen LogP contribution in [-0.4, -0.2) is 110 Å². The molecule has 0 bridgehead atoms. The predicted molar refractivity (Wildman–Crippen MR) is 151 cm³/mol. The average molecular weight is 532 g/mol. The minimum Gasteiger partial charge on any atom is -0.494 e. The summed E-state index contributed by atoms with van der Waals surface area (Å²) in [6, 6.07) is 7.72. The quantitative estimate of drug-likeness (QED) is 0.316. The van der Waals surface area contributed by atoms with Crippen molar-refractivity contribution in [3.8, 4) is 5.75 Å². The van der Waals surface area contributed by atoms with E-state index in [2.05, 4.69) is 25.0 Å². The maximum atomic E-state index is 12.9. The Balaban J connectivity index is 1.39. The SMILES string of the molecule is CCOc1ccc2[nH]c(=O)c(CN(CCCN3CCOCC3)C(=S)NCCCN3CCOCC3)cc2c1. The van der Waals surface area contributed by atoms with Crippen molar-refractivity contribution in [1.82, 2.24) is 25.0 Å². The first-order valence-electron chi connectivity index (χ1n) is 13.5. The van der Waals surface area contributed by atoms with Crippen molar-refractivity contribution in [3.63, 3.8) is 0 Å². The molecule has 1 aromatic carbocycles. The number of benzene rings is 1. The van der Waals surface area contributed by atoms with Crippen LogP contribution >= 0.6 is 12.2 Å². The van der Waals surface area contributed by atoms with Crippen molar-refractivity contribution >= 4 is 28.2 Å². The Kier molecular flexibility index (Phi) is 11.0. The summed E-state index contributed by atoms with van der Waals surface area (Å²) in [6.07, 6.45) is 1.98. The summed E-state index contributed by atoms with van der Waals surface area (Å²) in [5.74, 6) is 0.799. The molecule has 0 saturated carbocycles. The first kappa shape index (κ1) is 27.8. The molecular weight excluding hydrogens is 490 g/mol. The number of morpholine rings is 2. The maximum Gasteiger partial charge on any atom is 0.253 e. The third-order valence-electron chi connectivity index (χ3n) is 6.89. The predicted octanol–water partition coefficient (Wildman–Crippen LogP) is 2.05. The van der Waals surface area contributed by atoms with E-state index in [1.54, 1.807) is 0 Å². The number of nitrogens with zero attached hydrogens (tertiary/aromatic N) is 3. The molecule has 2 fully saturated rings. The highest BCUT2D eigenvalue weighted by Gasteiger charge is 2.16. The molecular formula is C27H41N5O4S. The van der Waals surface area contributed by atoms with Crippen LogP contribution in [0.5, 0.6) is 5.75 Å². The number of aromatic nitrogens is 1. The maximum absolute atomic E-state index is 12.9. The molecule has 1 aromatic heterocycles. The van der Waals surface area contributed by atoms with E-state index in [-0.39, 0.29) is 5.56 Å². The van der Waals surface area contributed by atoms with Crippen LogP contribution in [0.4, 0.5) is 0 Å². The summed E-state index contributed by atoms with van der Waals surface area (Å²) < 4.78 is 16.6. The first-order chi connectivity index (χ1) is 18.1. The topological polar surface area (TPSA) is 82.3 Å². The Morgan fingerprint density at radius 2 is 1.73 bits per heavy atom. The zero-order valence-corrected chi connectivity index (χ0v) is 22.8. The van der Waals surface area contributed by atoms with Gasteiger partial charge in [0.1, 0.15) is 5.75 Å². The summed E-state index contributed by atoms with van der Waals surface area (Å²) in [4.78, 5) is 23.0. The summed E-state index contributed by atoms with van der Waals surface area (Å²) in [7, 11) is 0. The van der Waals surface area contributed by atoms with Gasteiger partial charge in [0.15, 0.2) is 5.11 Å². The van der Waals surface area contributed by atoms with E-state index >= 15 is 0 Å². The van der Waals surface area contributed by atoms with Crippen LogP contribution < -0.4 is 15.6 Å². The molecule has 4 rings (SSSR count). The van der Waals surface area contributed by atoms with E-state index in [0.29, 0.717) is 23.8 Å². The number of H-pyrrole nitrogens is 1. The van der Waals surface area contributed by atoms with Crippen LogP contribution in [-0.2, 0) is 16.0 Å². The van der Waals surface area contributed by atoms with E-state index in [1.807, 2.05) is 31.2 Å². The molecule has 2 aliphatic heterocycles. The molecule has 0 spiro atoms. The van der Waals surface area contributed by atoms with Crippen LogP contribution in [0, 0.1) is 0 Å². The summed E-state index contributed by atoms with van der Waals surface area (Å²) >= 11 is 5.82. The summed E-state index contributed by atoms with van der Waals surface area (Å²) in [6.45, 7) is 13.8. The zero-order valence-electron chi connectivity index (χ0n) is 22.0. The molecule has 0 atom stereocenters.